The van der Waals surface area contributed by atoms with Gasteiger partial charge in [0, 0.05) is 18.8 Å². The van der Waals surface area contributed by atoms with Crippen molar-refractivity contribution in [3.63, 3.8) is 0 Å². The average Bonchev–Trinajstić information content (AvgIpc) is 2.28. The molecular weight excluding hydrogens is 200 g/mol. The van der Waals surface area contributed by atoms with Gasteiger partial charge in [0.05, 0.1) is 12.2 Å². The molecule has 0 bridgehead atoms. The summed E-state index contributed by atoms with van der Waals surface area (Å²) in [6, 6.07) is 5.92. The zero-order valence-electron chi connectivity index (χ0n) is 10.3. The summed E-state index contributed by atoms with van der Waals surface area (Å²) in [5, 5.41) is 0. The monoisotopic (exact) mass is 220 g/mol. The van der Waals surface area contributed by atoms with Gasteiger partial charge in [-0.2, -0.15) is 0 Å². The van der Waals surface area contributed by atoms with E-state index in [-0.39, 0.29) is 0 Å². The maximum atomic E-state index is 5.87. The third-order valence-electron chi connectivity index (χ3n) is 2.44. The van der Waals surface area contributed by atoms with E-state index >= 15 is 0 Å². The van der Waals surface area contributed by atoms with Crippen LogP contribution in [0.5, 0.6) is 0 Å². The third-order valence-corrected chi connectivity index (χ3v) is 2.44. The standard InChI is InChI=1S/C12H20N4/c1-4-16(5-2)12(13)14-9-11-8-6-7-10(3)15-11/h6-8H,4-5,9H2,1-3H3,(H2,13,14). The van der Waals surface area contributed by atoms with E-state index in [4.69, 9.17) is 5.73 Å². The lowest BCUT2D eigenvalue weighted by molar-refractivity contribution is 0.458. The van der Waals surface area contributed by atoms with Crippen molar-refractivity contribution in [2.24, 2.45) is 10.7 Å². The molecule has 0 fully saturated rings. The second-order valence-corrected chi connectivity index (χ2v) is 3.62. The maximum absolute atomic E-state index is 5.87. The quantitative estimate of drug-likeness (QED) is 0.618. The lowest BCUT2D eigenvalue weighted by Gasteiger charge is -2.19. The first kappa shape index (κ1) is 12.5. The molecule has 0 aromatic carbocycles. The molecule has 0 radical (unpaired) electrons. The van der Waals surface area contributed by atoms with Crippen molar-refractivity contribution >= 4 is 5.96 Å². The summed E-state index contributed by atoms with van der Waals surface area (Å²) in [5.41, 5.74) is 7.84. The fraction of sp³-hybridized carbons (Fsp3) is 0.500. The number of pyridine rings is 1. The SMILES string of the molecule is CCN(CC)C(N)=NCc1cccc(C)n1. The normalized spacial score (nSPS) is 11.6. The number of aliphatic imine (C=N–C) groups is 1. The van der Waals surface area contributed by atoms with Gasteiger partial charge in [-0.25, -0.2) is 4.99 Å². The highest BCUT2D eigenvalue weighted by Gasteiger charge is 2.01. The van der Waals surface area contributed by atoms with Gasteiger partial charge in [-0.3, -0.25) is 4.98 Å². The first-order valence-electron chi connectivity index (χ1n) is 5.64. The lowest BCUT2D eigenvalue weighted by Crippen LogP contribution is -2.37. The number of hydrogen-bond donors (Lipinski definition) is 1. The Morgan fingerprint density at radius 2 is 2.06 bits per heavy atom. The highest BCUT2D eigenvalue weighted by molar-refractivity contribution is 5.77. The average molecular weight is 220 g/mol. The molecule has 0 aliphatic heterocycles. The molecule has 88 valence electrons. The van der Waals surface area contributed by atoms with Crippen LogP contribution in [0.3, 0.4) is 0 Å². The zero-order chi connectivity index (χ0) is 12.0. The Morgan fingerprint density at radius 3 is 2.62 bits per heavy atom. The van der Waals surface area contributed by atoms with Crippen LogP contribution < -0.4 is 5.73 Å². The van der Waals surface area contributed by atoms with Crippen molar-refractivity contribution < 1.29 is 0 Å². The molecular formula is C12H20N4. The van der Waals surface area contributed by atoms with Crippen LogP contribution in [0.15, 0.2) is 23.2 Å². The number of guanidine groups is 1. The second-order valence-electron chi connectivity index (χ2n) is 3.62. The van der Waals surface area contributed by atoms with Crippen molar-refractivity contribution in [3.8, 4) is 0 Å². The molecule has 4 heteroatoms. The van der Waals surface area contributed by atoms with Gasteiger partial charge in [0.2, 0.25) is 0 Å². The fourth-order valence-corrected chi connectivity index (χ4v) is 1.50. The molecule has 1 heterocycles. The van der Waals surface area contributed by atoms with Gasteiger partial charge in [0.25, 0.3) is 0 Å². The van der Waals surface area contributed by atoms with Crippen LogP contribution >= 0.6 is 0 Å². The Bertz CT molecular complexity index is 356. The number of nitrogens with two attached hydrogens (primary N) is 1. The maximum Gasteiger partial charge on any atom is 0.191 e. The largest absolute Gasteiger partial charge is 0.370 e. The molecule has 2 N–H and O–H groups in total. The second kappa shape index (κ2) is 6.10. The van der Waals surface area contributed by atoms with Gasteiger partial charge in [0.1, 0.15) is 0 Å². The molecule has 0 unspecified atom stereocenters. The minimum atomic E-state index is 0.546. The summed E-state index contributed by atoms with van der Waals surface area (Å²) in [6.45, 7) is 8.42. The van der Waals surface area contributed by atoms with Gasteiger partial charge in [-0.05, 0) is 32.9 Å². The molecule has 0 aliphatic rings. The van der Waals surface area contributed by atoms with Gasteiger partial charge in [0.15, 0.2) is 5.96 Å². The molecule has 0 amide bonds. The smallest absolute Gasteiger partial charge is 0.191 e. The van der Waals surface area contributed by atoms with E-state index in [9.17, 15) is 0 Å². The number of hydrogen-bond acceptors (Lipinski definition) is 2. The summed E-state index contributed by atoms with van der Waals surface area (Å²) in [6.07, 6.45) is 0. The van der Waals surface area contributed by atoms with Crippen LogP contribution in [0.25, 0.3) is 0 Å². The van der Waals surface area contributed by atoms with Gasteiger partial charge in [-0.1, -0.05) is 6.07 Å². The predicted molar refractivity (Wildman–Crippen MR) is 67.2 cm³/mol. The zero-order valence-corrected chi connectivity index (χ0v) is 10.3. The Balaban J connectivity index is 2.65. The topological polar surface area (TPSA) is 54.5 Å². The first-order chi connectivity index (χ1) is 7.67. The van der Waals surface area contributed by atoms with Crippen molar-refractivity contribution in [3.05, 3.63) is 29.6 Å². The summed E-state index contributed by atoms with van der Waals surface area (Å²) in [7, 11) is 0. The highest BCUT2D eigenvalue weighted by Crippen LogP contribution is 2.00. The number of rotatable bonds is 4. The summed E-state index contributed by atoms with van der Waals surface area (Å²) < 4.78 is 0. The molecule has 16 heavy (non-hydrogen) atoms. The van der Waals surface area contributed by atoms with Crippen LogP contribution in [0.2, 0.25) is 0 Å². The van der Waals surface area contributed by atoms with E-state index in [1.54, 1.807) is 0 Å². The number of nitrogens with zero attached hydrogens (tertiary/aromatic N) is 3. The van der Waals surface area contributed by atoms with Crippen LogP contribution in [-0.2, 0) is 6.54 Å². The molecule has 1 aromatic rings. The minimum Gasteiger partial charge on any atom is -0.370 e. The number of aryl methyl sites for hydroxylation is 1. The summed E-state index contributed by atoms with van der Waals surface area (Å²) in [5.74, 6) is 0.591. The van der Waals surface area contributed by atoms with E-state index < -0.39 is 0 Å². The highest BCUT2D eigenvalue weighted by atomic mass is 15.2. The van der Waals surface area contributed by atoms with Crippen molar-refractivity contribution in [2.75, 3.05) is 13.1 Å². The Labute approximate surface area is 97.2 Å². The van der Waals surface area contributed by atoms with E-state index in [1.165, 1.54) is 0 Å². The summed E-state index contributed by atoms with van der Waals surface area (Å²) in [4.78, 5) is 10.7. The molecule has 0 saturated heterocycles. The molecule has 0 atom stereocenters. The minimum absolute atomic E-state index is 0.546. The first-order valence-corrected chi connectivity index (χ1v) is 5.64. The molecule has 4 nitrogen and oxygen atoms in total. The predicted octanol–water partition coefficient (Wildman–Crippen LogP) is 1.55. The van der Waals surface area contributed by atoms with Gasteiger partial charge in [-0.15, -0.1) is 0 Å². The van der Waals surface area contributed by atoms with Crippen LogP contribution in [0.1, 0.15) is 25.2 Å². The van der Waals surface area contributed by atoms with E-state index in [0.717, 1.165) is 24.5 Å². The fourth-order valence-electron chi connectivity index (χ4n) is 1.50. The van der Waals surface area contributed by atoms with E-state index in [0.29, 0.717) is 12.5 Å². The molecule has 0 spiro atoms. The van der Waals surface area contributed by atoms with Crippen molar-refractivity contribution in [2.45, 2.75) is 27.3 Å². The van der Waals surface area contributed by atoms with Crippen LogP contribution in [0.4, 0.5) is 0 Å². The van der Waals surface area contributed by atoms with Gasteiger partial charge < -0.3 is 10.6 Å². The van der Waals surface area contributed by atoms with Crippen LogP contribution in [-0.4, -0.2) is 28.9 Å². The van der Waals surface area contributed by atoms with E-state index in [1.807, 2.05) is 30.0 Å². The summed E-state index contributed by atoms with van der Waals surface area (Å²) >= 11 is 0. The van der Waals surface area contributed by atoms with E-state index in [2.05, 4.69) is 23.8 Å². The third kappa shape index (κ3) is 3.53. The molecule has 0 saturated carbocycles. The Hall–Kier alpha value is -1.58. The van der Waals surface area contributed by atoms with Crippen LogP contribution in [0, 0.1) is 6.92 Å². The molecule has 1 aromatic heterocycles. The Kier molecular flexibility index (Phi) is 4.76. The molecule has 0 aliphatic carbocycles. The molecule has 1 rings (SSSR count). The van der Waals surface area contributed by atoms with Gasteiger partial charge >= 0.3 is 0 Å². The van der Waals surface area contributed by atoms with Crippen molar-refractivity contribution in [1.82, 2.24) is 9.88 Å². The number of aromatic nitrogens is 1. The lowest BCUT2D eigenvalue weighted by atomic mass is 10.3. The Morgan fingerprint density at radius 1 is 1.38 bits per heavy atom. The van der Waals surface area contributed by atoms with Crippen molar-refractivity contribution in [1.29, 1.82) is 0 Å².